The van der Waals surface area contributed by atoms with Crippen molar-refractivity contribution in [2.24, 2.45) is 10.8 Å². The van der Waals surface area contributed by atoms with E-state index >= 15 is 0 Å². The molecule has 3 amide bonds. The lowest BCUT2D eigenvalue weighted by Gasteiger charge is -2.21. The first kappa shape index (κ1) is 13.6. The fourth-order valence-electron chi connectivity index (χ4n) is 1.36. The van der Waals surface area contributed by atoms with E-state index in [1.165, 1.54) is 0 Å². The van der Waals surface area contributed by atoms with Crippen LogP contribution in [0.3, 0.4) is 0 Å². The van der Waals surface area contributed by atoms with Crippen molar-refractivity contribution < 1.29 is 24.3 Å². The van der Waals surface area contributed by atoms with Gasteiger partial charge in [-0.15, -0.1) is 0 Å². The Hall–Kier alpha value is -2.45. The van der Waals surface area contributed by atoms with Gasteiger partial charge in [0, 0.05) is 12.8 Å². The van der Waals surface area contributed by atoms with Crippen LogP contribution in [0.4, 0.5) is 0 Å². The van der Waals surface area contributed by atoms with E-state index in [0.717, 1.165) is 4.90 Å². The highest BCUT2D eigenvalue weighted by Gasteiger charge is 2.25. The van der Waals surface area contributed by atoms with E-state index < -0.39 is 30.9 Å². The van der Waals surface area contributed by atoms with Crippen molar-refractivity contribution in [3.63, 3.8) is 0 Å². The quantitative estimate of drug-likeness (QED) is 0.504. The molecule has 0 saturated carbocycles. The van der Waals surface area contributed by atoms with E-state index in [-0.39, 0.29) is 24.5 Å². The first-order chi connectivity index (χ1) is 8.40. The predicted molar refractivity (Wildman–Crippen MR) is 58.2 cm³/mol. The number of carbonyl (C=O) groups is 4. The van der Waals surface area contributed by atoms with Crippen LogP contribution in [0.25, 0.3) is 0 Å². The molecule has 0 aromatic carbocycles. The number of carbonyl (C=O) groups excluding carboxylic acids is 3. The van der Waals surface area contributed by atoms with Crippen molar-refractivity contribution in [2.75, 3.05) is 13.1 Å². The molecule has 9 heteroatoms. The summed E-state index contributed by atoms with van der Waals surface area (Å²) in [5, 5.41) is 12.2. The fourth-order valence-corrected chi connectivity index (χ4v) is 1.36. The first-order valence-electron chi connectivity index (χ1n) is 5.05. The fraction of sp³-hybridized carbons (Fsp3) is 0.444. The number of rotatable bonds is 5. The predicted octanol–water partition coefficient (Wildman–Crippen LogP) is -2.35. The Morgan fingerprint density at radius 2 is 2.00 bits per heavy atom. The van der Waals surface area contributed by atoms with Gasteiger partial charge in [-0.1, -0.05) is 0 Å². The Labute approximate surface area is 102 Å². The molecule has 0 aromatic heterocycles. The standard InChI is InChI=1S/C9H12N4O5/c10-6(14)3-13(4-8(16)17)9(18)5-1-2-7(15)12-11-5/h1-4H2,(H2,10,14)(H,12,15)(H,16,17). The number of nitrogens with two attached hydrogens (primary N) is 1. The highest BCUT2D eigenvalue weighted by Crippen LogP contribution is 2.03. The van der Waals surface area contributed by atoms with Crippen molar-refractivity contribution in [1.29, 1.82) is 0 Å². The Bertz CT molecular complexity index is 415. The minimum atomic E-state index is -1.27. The molecule has 9 nitrogen and oxygen atoms in total. The van der Waals surface area contributed by atoms with Gasteiger partial charge in [0.15, 0.2) is 0 Å². The third-order valence-electron chi connectivity index (χ3n) is 2.11. The zero-order valence-electron chi connectivity index (χ0n) is 9.38. The first-order valence-corrected chi connectivity index (χ1v) is 5.05. The molecule has 0 bridgehead atoms. The van der Waals surface area contributed by atoms with Gasteiger partial charge in [0.05, 0.1) is 0 Å². The van der Waals surface area contributed by atoms with Gasteiger partial charge in [-0.25, -0.2) is 5.43 Å². The lowest BCUT2D eigenvalue weighted by atomic mass is 10.1. The summed E-state index contributed by atoms with van der Waals surface area (Å²) in [6.45, 7) is -1.17. The molecular formula is C9H12N4O5. The molecule has 0 fully saturated rings. The summed E-state index contributed by atoms with van der Waals surface area (Å²) in [4.78, 5) is 44.8. The maximum Gasteiger partial charge on any atom is 0.323 e. The summed E-state index contributed by atoms with van der Waals surface area (Å²) in [6.07, 6.45) is 0.182. The Morgan fingerprint density at radius 3 is 2.44 bits per heavy atom. The molecular weight excluding hydrogens is 244 g/mol. The zero-order chi connectivity index (χ0) is 13.7. The summed E-state index contributed by atoms with van der Waals surface area (Å²) < 4.78 is 0. The molecule has 0 atom stereocenters. The van der Waals surface area contributed by atoms with Crippen molar-refractivity contribution in [1.82, 2.24) is 10.3 Å². The average Bonchev–Trinajstić information content (AvgIpc) is 2.27. The second-order valence-corrected chi connectivity index (χ2v) is 3.61. The van der Waals surface area contributed by atoms with E-state index in [0.29, 0.717) is 0 Å². The molecule has 1 rings (SSSR count). The molecule has 18 heavy (non-hydrogen) atoms. The largest absolute Gasteiger partial charge is 0.480 e. The zero-order valence-corrected chi connectivity index (χ0v) is 9.38. The molecule has 1 aliphatic rings. The van der Waals surface area contributed by atoms with Crippen LogP contribution in [-0.2, 0) is 19.2 Å². The Balaban J connectivity index is 2.78. The van der Waals surface area contributed by atoms with Crippen molar-refractivity contribution in [2.45, 2.75) is 12.8 Å². The Morgan fingerprint density at radius 1 is 1.33 bits per heavy atom. The van der Waals surface area contributed by atoms with Crippen LogP contribution in [0.2, 0.25) is 0 Å². The van der Waals surface area contributed by atoms with Gasteiger partial charge in [-0.05, 0) is 0 Å². The molecule has 1 heterocycles. The van der Waals surface area contributed by atoms with Crippen molar-refractivity contribution in [3.05, 3.63) is 0 Å². The summed E-state index contributed by atoms with van der Waals surface area (Å²) in [5.74, 6) is -3.16. The maximum atomic E-state index is 11.8. The van der Waals surface area contributed by atoms with Crippen molar-refractivity contribution in [3.8, 4) is 0 Å². The number of carboxylic acids is 1. The van der Waals surface area contributed by atoms with E-state index in [4.69, 9.17) is 10.8 Å². The third-order valence-corrected chi connectivity index (χ3v) is 2.11. The highest BCUT2D eigenvalue weighted by atomic mass is 16.4. The monoisotopic (exact) mass is 256 g/mol. The van der Waals surface area contributed by atoms with Crippen LogP contribution in [0.15, 0.2) is 5.10 Å². The van der Waals surface area contributed by atoms with Crippen LogP contribution in [0.1, 0.15) is 12.8 Å². The van der Waals surface area contributed by atoms with Gasteiger partial charge in [-0.2, -0.15) is 5.10 Å². The number of carboxylic acid groups (broad SMARTS) is 1. The topological polar surface area (TPSA) is 142 Å². The van der Waals surface area contributed by atoms with E-state index in [2.05, 4.69) is 10.5 Å². The van der Waals surface area contributed by atoms with Crippen LogP contribution >= 0.6 is 0 Å². The van der Waals surface area contributed by atoms with Gasteiger partial charge in [0.2, 0.25) is 11.8 Å². The van der Waals surface area contributed by atoms with Crippen molar-refractivity contribution >= 4 is 29.4 Å². The number of hydrogen-bond acceptors (Lipinski definition) is 5. The van der Waals surface area contributed by atoms with Gasteiger partial charge in [0.1, 0.15) is 18.8 Å². The summed E-state index contributed by atoms with van der Waals surface area (Å²) >= 11 is 0. The molecule has 0 unspecified atom stereocenters. The number of amides is 3. The summed E-state index contributed by atoms with van der Waals surface area (Å²) in [6, 6.07) is 0. The van der Waals surface area contributed by atoms with Crippen LogP contribution in [0, 0.1) is 0 Å². The number of hydrazone groups is 1. The molecule has 0 aromatic rings. The SMILES string of the molecule is NC(=O)CN(CC(=O)O)C(=O)C1=NNC(=O)CC1. The number of nitrogens with zero attached hydrogens (tertiary/aromatic N) is 2. The molecule has 0 spiro atoms. The lowest BCUT2D eigenvalue weighted by Crippen LogP contribution is -2.46. The maximum absolute atomic E-state index is 11.8. The van der Waals surface area contributed by atoms with Crippen LogP contribution < -0.4 is 11.2 Å². The van der Waals surface area contributed by atoms with Gasteiger partial charge >= 0.3 is 5.97 Å². The van der Waals surface area contributed by atoms with E-state index in [9.17, 15) is 19.2 Å². The second-order valence-electron chi connectivity index (χ2n) is 3.61. The molecule has 0 aliphatic carbocycles. The summed E-state index contributed by atoms with van der Waals surface area (Å²) in [5.41, 5.74) is 7.03. The summed E-state index contributed by atoms with van der Waals surface area (Å²) in [7, 11) is 0. The second kappa shape index (κ2) is 5.75. The molecule has 1 aliphatic heterocycles. The van der Waals surface area contributed by atoms with Crippen LogP contribution in [0.5, 0.6) is 0 Å². The molecule has 0 saturated heterocycles. The van der Waals surface area contributed by atoms with Gasteiger partial charge < -0.3 is 15.7 Å². The van der Waals surface area contributed by atoms with E-state index in [1.807, 2.05) is 0 Å². The third kappa shape index (κ3) is 3.85. The molecule has 0 radical (unpaired) electrons. The average molecular weight is 256 g/mol. The Kier molecular flexibility index (Phi) is 4.35. The number of nitrogens with one attached hydrogen (secondary N) is 1. The normalized spacial score (nSPS) is 14.4. The molecule has 4 N–H and O–H groups in total. The van der Waals surface area contributed by atoms with Gasteiger partial charge in [0.25, 0.3) is 5.91 Å². The minimum Gasteiger partial charge on any atom is -0.480 e. The van der Waals surface area contributed by atoms with Gasteiger partial charge in [-0.3, -0.25) is 19.2 Å². The van der Waals surface area contributed by atoms with E-state index in [1.54, 1.807) is 0 Å². The van der Waals surface area contributed by atoms with Crippen LogP contribution in [-0.4, -0.2) is 52.5 Å². The minimum absolute atomic E-state index is 0.00269. The lowest BCUT2D eigenvalue weighted by molar-refractivity contribution is -0.143. The molecule has 98 valence electrons. The number of primary amides is 1. The number of hydrogen-bond donors (Lipinski definition) is 3. The smallest absolute Gasteiger partial charge is 0.323 e. The highest BCUT2D eigenvalue weighted by molar-refractivity contribution is 6.39. The number of aliphatic carboxylic acids is 1.